The van der Waals surface area contributed by atoms with Gasteiger partial charge in [-0.2, -0.15) is 0 Å². The Morgan fingerprint density at radius 3 is 2.90 bits per heavy atom. The zero-order valence-electron chi connectivity index (χ0n) is 16.1. The quantitative estimate of drug-likeness (QED) is 0.221. The van der Waals surface area contributed by atoms with E-state index < -0.39 is 0 Å². The van der Waals surface area contributed by atoms with Crippen LogP contribution in [0.15, 0.2) is 46.9 Å². The maximum absolute atomic E-state index is 13.3. The van der Waals surface area contributed by atoms with Crippen molar-refractivity contribution < 1.29 is 4.79 Å². The van der Waals surface area contributed by atoms with E-state index in [4.69, 9.17) is 16.6 Å². The van der Waals surface area contributed by atoms with Gasteiger partial charge >= 0.3 is 0 Å². The molecule has 2 aromatic heterocycles. The highest BCUT2D eigenvalue weighted by atomic mass is 35.5. The maximum atomic E-state index is 13.3. The number of fused-ring (bicyclic) bond motifs is 3. The number of rotatable bonds is 6. The molecule has 0 radical (unpaired) electrons. The minimum atomic E-state index is -0.0246. The van der Waals surface area contributed by atoms with Crippen molar-refractivity contribution in [2.75, 3.05) is 5.75 Å². The third-order valence-corrected chi connectivity index (χ3v) is 7.57. The Hall–Kier alpha value is -1.89. The highest BCUT2D eigenvalue weighted by molar-refractivity contribution is 7.99. The van der Waals surface area contributed by atoms with E-state index in [2.05, 4.69) is 13.5 Å². The number of hydrogen-bond donors (Lipinski definition) is 0. The molecule has 4 rings (SSSR count). The summed E-state index contributed by atoms with van der Waals surface area (Å²) >= 11 is 8.82. The zero-order valence-corrected chi connectivity index (χ0v) is 18.5. The largest absolute Gasteiger partial charge is 0.293 e. The molecule has 0 spiro atoms. The fourth-order valence-electron chi connectivity index (χ4n) is 3.65. The first-order valence-electron chi connectivity index (χ1n) is 9.55. The summed E-state index contributed by atoms with van der Waals surface area (Å²) in [6.07, 6.45) is 4.74. The van der Waals surface area contributed by atoms with E-state index in [1.807, 2.05) is 0 Å². The van der Waals surface area contributed by atoms with Gasteiger partial charge < -0.3 is 0 Å². The number of aryl methyl sites for hydroxylation is 1. The summed E-state index contributed by atoms with van der Waals surface area (Å²) in [6, 6.07) is 6.84. The Morgan fingerprint density at radius 2 is 2.17 bits per heavy atom. The molecule has 7 heteroatoms. The van der Waals surface area contributed by atoms with E-state index in [9.17, 15) is 9.59 Å². The molecule has 1 aromatic carbocycles. The molecule has 1 aliphatic rings. The first-order valence-corrected chi connectivity index (χ1v) is 11.7. The molecule has 1 atom stereocenters. The summed E-state index contributed by atoms with van der Waals surface area (Å²) in [4.78, 5) is 32.7. The number of carbonyl (C=O) groups is 1. The molecule has 1 aliphatic carbocycles. The van der Waals surface area contributed by atoms with Crippen molar-refractivity contribution in [3.8, 4) is 0 Å². The molecule has 0 bridgehead atoms. The smallest absolute Gasteiger partial charge is 0.263 e. The van der Waals surface area contributed by atoms with E-state index in [1.165, 1.54) is 22.2 Å². The summed E-state index contributed by atoms with van der Waals surface area (Å²) in [5.41, 5.74) is 1.75. The van der Waals surface area contributed by atoms with Gasteiger partial charge in [-0.25, -0.2) is 4.98 Å². The van der Waals surface area contributed by atoms with E-state index in [0.29, 0.717) is 28.2 Å². The van der Waals surface area contributed by atoms with Crippen molar-refractivity contribution in [2.24, 2.45) is 5.92 Å². The number of hydrogen-bond acceptors (Lipinski definition) is 5. The van der Waals surface area contributed by atoms with Crippen LogP contribution in [0.3, 0.4) is 0 Å². The van der Waals surface area contributed by atoms with Gasteiger partial charge in [-0.15, -0.1) is 17.9 Å². The van der Waals surface area contributed by atoms with Crippen LogP contribution in [0.5, 0.6) is 0 Å². The Kier molecular flexibility index (Phi) is 5.95. The fourth-order valence-corrected chi connectivity index (χ4v) is 6.11. The molecule has 3 aromatic rings. The van der Waals surface area contributed by atoms with Crippen LogP contribution in [-0.2, 0) is 19.4 Å². The highest BCUT2D eigenvalue weighted by Crippen LogP contribution is 2.36. The number of thiophene rings is 1. The van der Waals surface area contributed by atoms with E-state index in [-0.39, 0.29) is 17.1 Å². The Balaban J connectivity index is 1.68. The third kappa shape index (κ3) is 4.06. The summed E-state index contributed by atoms with van der Waals surface area (Å²) in [7, 11) is 0. The van der Waals surface area contributed by atoms with Gasteiger partial charge in [0.2, 0.25) is 0 Å². The minimum Gasteiger partial charge on any atom is -0.293 e. The number of nitrogens with zero attached hydrogens (tertiary/aromatic N) is 2. The van der Waals surface area contributed by atoms with Crippen LogP contribution < -0.4 is 5.56 Å². The number of thioether (sulfide) groups is 1. The molecule has 150 valence electrons. The monoisotopic (exact) mass is 444 g/mol. The lowest BCUT2D eigenvalue weighted by molar-refractivity contribution is 0.102. The van der Waals surface area contributed by atoms with Crippen molar-refractivity contribution in [2.45, 2.75) is 37.9 Å². The normalized spacial score (nSPS) is 16.0. The first kappa shape index (κ1) is 20.4. The Morgan fingerprint density at radius 1 is 1.41 bits per heavy atom. The lowest BCUT2D eigenvalue weighted by Crippen LogP contribution is -2.24. The molecule has 0 amide bonds. The van der Waals surface area contributed by atoms with Crippen molar-refractivity contribution >= 4 is 50.7 Å². The molecule has 0 saturated carbocycles. The molecule has 0 N–H and O–H groups in total. The molecular weight excluding hydrogens is 424 g/mol. The summed E-state index contributed by atoms with van der Waals surface area (Å²) < 4.78 is 1.64. The SMILES string of the molecule is C=CCn1c(SCC(=O)c2ccc(Cl)cc2)nc2sc3c(c2c1=O)CC[C@H](C)C3. The van der Waals surface area contributed by atoms with Crippen LogP contribution >= 0.6 is 34.7 Å². The molecule has 4 nitrogen and oxygen atoms in total. The van der Waals surface area contributed by atoms with Gasteiger partial charge in [0.25, 0.3) is 5.56 Å². The number of aromatic nitrogens is 2. The van der Waals surface area contributed by atoms with Crippen molar-refractivity contribution in [3.63, 3.8) is 0 Å². The molecule has 29 heavy (non-hydrogen) atoms. The average Bonchev–Trinajstić information content (AvgIpc) is 3.06. The predicted molar refractivity (Wildman–Crippen MR) is 122 cm³/mol. The molecule has 0 aliphatic heterocycles. The number of benzene rings is 1. The number of allylic oxidation sites excluding steroid dienone is 1. The lowest BCUT2D eigenvalue weighted by atomic mass is 9.89. The molecule has 0 unspecified atom stereocenters. The van der Waals surface area contributed by atoms with Crippen molar-refractivity contribution in [3.05, 3.63) is 68.3 Å². The number of Topliss-reactive ketones (excluding diaryl/α,β-unsaturated/α-hetero) is 1. The van der Waals surface area contributed by atoms with Crippen molar-refractivity contribution in [1.82, 2.24) is 9.55 Å². The molecule has 2 heterocycles. The summed E-state index contributed by atoms with van der Waals surface area (Å²) in [5.74, 6) is 0.820. The van der Waals surface area contributed by atoms with Crippen molar-refractivity contribution in [1.29, 1.82) is 0 Å². The topological polar surface area (TPSA) is 52.0 Å². The lowest BCUT2D eigenvalue weighted by Gasteiger charge is -2.17. The average molecular weight is 445 g/mol. The second kappa shape index (κ2) is 8.46. The van der Waals surface area contributed by atoms with Gasteiger partial charge in [-0.05, 0) is 55.0 Å². The standard InChI is InChI=1S/C22H21ClN2O2S2/c1-3-10-25-21(27)19-16-9-4-13(2)11-18(16)29-20(19)24-22(25)28-12-17(26)14-5-7-15(23)8-6-14/h3,5-8,13H,1,4,9-12H2,2H3/t13-/m0/s1. The fraction of sp³-hybridized carbons (Fsp3) is 0.318. The van der Waals surface area contributed by atoms with Crippen LogP contribution in [0, 0.1) is 5.92 Å². The van der Waals surface area contributed by atoms with Gasteiger partial charge in [-0.1, -0.05) is 36.4 Å². The number of halogens is 1. The van der Waals surface area contributed by atoms with Crippen LogP contribution in [0.1, 0.15) is 34.1 Å². The summed E-state index contributed by atoms with van der Waals surface area (Å²) in [5, 5.41) is 1.92. The highest BCUT2D eigenvalue weighted by Gasteiger charge is 2.24. The molecule has 0 saturated heterocycles. The first-order chi connectivity index (χ1) is 14.0. The van der Waals surface area contributed by atoms with Crippen LogP contribution in [0.2, 0.25) is 5.02 Å². The predicted octanol–water partition coefficient (Wildman–Crippen LogP) is 5.40. The second-order valence-electron chi connectivity index (χ2n) is 7.35. The molecular formula is C22H21ClN2O2S2. The maximum Gasteiger partial charge on any atom is 0.263 e. The third-order valence-electron chi connectivity index (χ3n) is 5.19. The minimum absolute atomic E-state index is 0.0227. The van der Waals surface area contributed by atoms with Crippen LogP contribution in [0.4, 0.5) is 0 Å². The van der Waals surface area contributed by atoms with Gasteiger partial charge in [0.1, 0.15) is 4.83 Å². The Labute approximate surface area is 182 Å². The Bertz CT molecular complexity index is 1150. The second-order valence-corrected chi connectivity index (χ2v) is 9.81. The summed E-state index contributed by atoms with van der Waals surface area (Å²) in [6.45, 7) is 6.41. The van der Waals surface area contributed by atoms with Crippen LogP contribution in [-0.4, -0.2) is 21.1 Å². The van der Waals surface area contributed by atoms with E-state index in [0.717, 1.165) is 29.5 Å². The van der Waals surface area contributed by atoms with Gasteiger partial charge in [0.05, 0.1) is 11.1 Å². The van der Waals surface area contributed by atoms with E-state index >= 15 is 0 Å². The number of ketones is 1. The number of carbonyl (C=O) groups excluding carboxylic acids is 1. The zero-order chi connectivity index (χ0) is 20.5. The van der Waals surface area contributed by atoms with Gasteiger partial charge in [0.15, 0.2) is 10.9 Å². The van der Waals surface area contributed by atoms with Gasteiger partial charge in [-0.3, -0.25) is 14.2 Å². The van der Waals surface area contributed by atoms with Gasteiger partial charge in [0, 0.05) is 22.0 Å². The molecule has 0 fully saturated rings. The van der Waals surface area contributed by atoms with E-state index in [1.54, 1.807) is 46.2 Å². The van der Waals surface area contributed by atoms with Crippen LogP contribution in [0.25, 0.3) is 10.2 Å².